The van der Waals surface area contributed by atoms with Crippen molar-refractivity contribution in [2.45, 2.75) is 11.3 Å². The van der Waals surface area contributed by atoms with Gasteiger partial charge in [-0.1, -0.05) is 0 Å². The minimum absolute atomic E-state index is 0.0618. The maximum atomic E-state index is 12.1. The minimum Gasteiger partial charge on any atom is -0.387 e. The zero-order chi connectivity index (χ0) is 16.0. The monoisotopic (exact) mass is 335 g/mol. The smallest absolute Gasteiger partial charge is 0.271 e. The molecule has 8 nitrogen and oxygen atoms in total. The van der Waals surface area contributed by atoms with Crippen molar-refractivity contribution in [3.05, 3.63) is 28.3 Å². The molecular formula is C11H17N3O5S2. The number of anilines is 1. The second kappa shape index (κ2) is 7.48. The Balaban J connectivity index is 2.92. The van der Waals surface area contributed by atoms with Crippen LogP contribution in [0.3, 0.4) is 0 Å². The summed E-state index contributed by atoms with van der Waals surface area (Å²) >= 11 is 0. The maximum absolute atomic E-state index is 12.1. The van der Waals surface area contributed by atoms with Crippen molar-refractivity contribution in [3.63, 3.8) is 0 Å². The fourth-order valence-electron chi connectivity index (χ4n) is 1.62. The predicted octanol–water partition coefficient (Wildman–Crippen LogP) is 0.683. The second-order valence-corrected chi connectivity index (χ2v) is 7.51. The number of sulfonamides is 1. The lowest BCUT2D eigenvalue weighted by Crippen LogP contribution is -2.26. The quantitative estimate of drug-likeness (QED) is 0.410. The van der Waals surface area contributed by atoms with E-state index in [1.54, 1.807) is 6.26 Å². The number of nitro benzene ring substituents is 1. The SMILES string of the molecule is CNc1cc([N+](=O)[O-])ccc1S(=O)(=O)NCCCS(C)=O. The standard InChI is InChI=1S/C11H17N3O5S2/c1-12-10-8-9(14(15)16)4-5-11(10)21(18,19)13-6-3-7-20(2)17/h4-5,8,12-13H,3,6-7H2,1-2H3. The van der Waals surface area contributed by atoms with Crippen LogP contribution < -0.4 is 10.0 Å². The number of non-ortho nitro benzene ring substituents is 1. The van der Waals surface area contributed by atoms with Crippen molar-refractivity contribution >= 4 is 32.2 Å². The molecule has 1 aromatic carbocycles. The molecule has 118 valence electrons. The zero-order valence-electron chi connectivity index (χ0n) is 11.7. The van der Waals surface area contributed by atoms with E-state index in [2.05, 4.69) is 10.0 Å². The van der Waals surface area contributed by atoms with E-state index in [4.69, 9.17) is 0 Å². The van der Waals surface area contributed by atoms with Crippen molar-refractivity contribution in [1.82, 2.24) is 4.72 Å². The van der Waals surface area contributed by atoms with E-state index >= 15 is 0 Å². The van der Waals surface area contributed by atoms with Gasteiger partial charge in [-0.05, 0) is 12.5 Å². The average molecular weight is 335 g/mol. The molecule has 1 aromatic rings. The summed E-state index contributed by atoms with van der Waals surface area (Å²) in [7, 11) is -3.27. The third-order valence-corrected chi connectivity index (χ3v) is 5.02. The van der Waals surface area contributed by atoms with Crippen molar-refractivity contribution in [2.24, 2.45) is 0 Å². The molecule has 0 aliphatic heterocycles. The van der Waals surface area contributed by atoms with Crippen LogP contribution in [0.4, 0.5) is 11.4 Å². The Morgan fingerprint density at radius 2 is 2.05 bits per heavy atom. The van der Waals surface area contributed by atoms with Crippen molar-refractivity contribution in [1.29, 1.82) is 0 Å². The van der Waals surface area contributed by atoms with Gasteiger partial charge in [-0.25, -0.2) is 13.1 Å². The Hall–Kier alpha value is -1.52. The Morgan fingerprint density at radius 3 is 2.57 bits per heavy atom. The fraction of sp³-hybridized carbons (Fsp3) is 0.455. The number of rotatable bonds is 8. The van der Waals surface area contributed by atoms with Gasteiger partial charge in [-0.3, -0.25) is 14.3 Å². The topological polar surface area (TPSA) is 118 Å². The van der Waals surface area contributed by atoms with E-state index in [1.165, 1.54) is 13.1 Å². The molecule has 0 saturated carbocycles. The molecule has 0 bridgehead atoms. The lowest BCUT2D eigenvalue weighted by Gasteiger charge is -2.11. The number of nitrogens with one attached hydrogen (secondary N) is 2. The summed E-state index contributed by atoms with van der Waals surface area (Å²) in [5, 5.41) is 13.3. The summed E-state index contributed by atoms with van der Waals surface area (Å²) in [6, 6.07) is 3.48. The first-order chi connectivity index (χ1) is 9.77. The van der Waals surface area contributed by atoms with Gasteiger partial charge in [0.05, 0.1) is 10.6 Å². The highest BCUT2D eigenvalue weighted by Crippen LogP contribution is 2.25. The molecule has 0 aromatic heterocycles. The molecule has 0 heterocycles. The summed E-state index contributed by atoms with van der Waals surface area (Å²) in [6.45, 7) is 0.155. The Kier molecular flexibility index (Phi) is 6.24. The van der Waals surface area contributed by atoms with Crippen LogP contribution in [0, 0.1) is 10.1 Å². The summed E-state index contributed by atoms with van der Waals surface area (Å²) in [6.07, 6.45) is 1.99. The molecule has 1 atom stereocenters. The molecule has 1 unspecified atom stereocenters. The molecular weight excluding hydrogens is 318 g/mol. The minimum atomic E-state index is -3.78. The highest BCUT2D eigenvalue weighted by atomic mass is 32.2. The van der Waals surface area contributed by atoms with Gasteiger partial charge in [0.25, 0.3) is 5.69 Å². The van der Waals surface area contributed by atoms with Gasteiger partial charge in [0, 0.05) is 48.5 Å². The predicted molar refractivity (Wildman–Crippen MR) is 81.4 cm³/mol. The molecule has 10 heteroatoms. The molecule has 0 aliphatic rings. The molecule has 0 aliphatic carbocycles. The molecule has 0 fully saturated rings. The van der Waals surface area contributed by atoms with Gasteiger partial charge in [-0.15, -0.1) is 0 Å². The third kappa shape index (κ3) is 5.06. The van der Waals surface area contributed by atoms with E-state index in [0.29, 0.717) is 12.2 Å². The first-order valence-corrected chi connectivity index (χ1v) is 9.25. The van der Waals surface area contributed by atoms with Gasteiger partial charge in [0.1, 0.15) is 4.90 Å². The van der Waals surface area contributed by atoms with Gasteiger partial charge < -0.3 is 5.32 Å². The largest absolute Gasteiger partial charge is 0.387 e. The van der Waals surface area contributed by atoms with Crippen molar-refractivity contribution in [2.75, 3.05) is 30.9 Å². The normalized spacial score (nSPS) is 12.9. The summed E-state index contributed by atoms with van der Waals surface area (Å²) in [5.41, 5.74) is -0.0459. The fourth-order valence-corrected chi connectivity index (χ4v) is 3.44. The summed E-state index contributed by atoms with van der Waals surface area (Å²) in [5.74, 6) is 0.404. The van der Waals surface area contributed by atoms with E-state index in [9.17, 15) is 22.7 Å². The number of benzene rings is 1. The number of nitrogens with zero attached hydrogens (tertiary/aromatic N) is 1. The summed E-state index contributed by atoms with van der Waals surface area (Å²) in [4.78, 5) is 10.0. The van der Waals surface area contributed by atoms with Gasteiger partial charge in [0.2, 0.25) is 10.0 Å². The lowest BCUT2D eigenvalue weighted by molar-refractivity contribution is -0.384. The van der Waals surface area contributed by atoms with Gasteiger partial charge in [0.15, 0.2) is 0 Å². The zero-order valence-corrected chi connectivity index (χ0v) is 13.3. The maximum Gasteiger partial charge on any atom is 0.271 e. The Morgan fingerprint density at radius 1 is 1.38 bits per heavy atom. The Labute approximate surface area is 125 Å². The van der Waals surface area contributed by atoms with Crippen LogP contribution in [-0.4, -0.2) is 43.2 Å². The first-order valence-electron chi connectivity index (χ1n) is 6.04. The van der Waals surface area contributed by atoms with Crippen LogP contribution in [0.2, 0.25) is 0 Å². The number of hydrogen-bond donors (Lipinski definition) is 2. The third-order valence-electron chi connectivity index (χ3n) is 2.63. The molecule has 0 spiro atoms. The van der Waals surface area contributed by atoms with E-state index < -0.39 is 25.7 Å². The first kappa shape index (κ1) is 17.5. The number of hydrogen-bond acceptors (Lipinski definition) is 6. The molecule has 0 radical (unpaired) electrons. The van der Waals surface area contributed by atoms with Gasteiger partial charge in [-0.2, -0.15) is 0 Å². The molecule has 2 N–H and O–H groups in total. The van der Waals surface area contributed by atoms with E-state index in [0.717, 1.165) is 12.1 Å². The van der Waals surface area contributed by atoms with Crippen LogP contribution in [-0.2, 0) is 20.8 Å². The number of nitro groups is 1. The average Bonchev–Trinajstić information content (AvgIpc) is 2.42. The van der Waals surface area contributed by atoms with Crippen LogP contribution >= 0.6 is 0 Å². The van der Waals surface area contributed by atoms with Crippen molar-refractivity contribution < 1.29 is 17.6 Å². The molecule has 1 rings (SSSR count). The Bertz CT molecular complexity index is 645. The van der Waals surface area contributed by atoms with E-state index in [1.807, 2.05) is 0 Å². The summed E-state index contributed by atoms with van der Waals surface area (Å²) < 4.78 is 37.6. The second-order valence-electron chi connectivity index (χ2n) is 4.22. The van der Waals surface area contributed by atoms with Crippen LogP contribution in [0.15, 0.2) is 23.1 Å². The highest BCUT2D eigenvalue weighted by molar-refractivity contribution is 7.89. The molecule has 0 amide bonds. The molecule has 21 heavy (non-hydrogen) atoms. The van der Waals surface area contributed by atoms with Crippen LogP contribution in [0.25, 0.3) is 0 Å². The van der Waals surface area contributed by atoms with Crippen LogP contribution in [0.5, 0.6) is 0 Å². The van der Waals surface area contributed by atoms with Crippen LogP contribution in [0.1, 0.15) is 6.42 Å². The highest BCUT2D eigenvalue weighted by Gasteiger charge is 2.20. The molecule has 0 saturated heterocycles. The van der Waals surface area contributed by atoms with Gasteiger partial charge >= 0.3 is 0 Å². The van der Waals surface area contributed by atoms with Crippen molar-refractivity contribution in [3.8, 4) is 0 Å². The lowest BCUT2D eigenvalue weighted by atomic mass is 10.3. The van der Waals surface area contributed by atoms with E-state index in [-0.39, 0.29) is 22.8 Å².